The van der Waals surface area contributed by atoms with Crippen molar-refractivity contribution in [1.82, 2.24) is 14.8 Å². The normalized spacial score (nSPS) is 31.0. The van der Waals surface area contributed by atoms with Gasteiger partial charge < -0.3 is 15.0 Å². The second-order valence-corrected chi connectivity index (χ2v) is 12.1. The molecular formula is C28H40N4O2. The van der Waals surface area contributed by atoms with Gasteiger partial charge in [-0.2, -0.15) is 0 Å². The lowest BCUT2D eigenvalue weighted by atomic mass is 9.71. The van der Waals surface area contributed by atoms with Gasteiger partial charge in [0.1, 0.15) is 11.6 Å². The van der Waals surface area contributed by atoms with Gasteiger partial charge in [-0.15, -0.1) is 10.2 Å². The lowest BCUT2D eigenvalue weighted by Gasteiger charge is -2.36. The number of aromatic nitrogens is 3. The third-order valence-corrected chi connectivity index (χ3v) is 8.18. The van der Waals surface area contributed by atoms with E-state index in [0.717, 1.165) is 47.6 Å². The Labute approximate surface area is 203 Å². The predicted octanol–water partition coefficient (Wildman–Crippen LogP) is 5.65. The van der Waals surface area contributed by atoms with E-state index < -0.39 is 5.60 Å². The summed E-state index contributed by atoms with van der Waals surface area (Å²) in [4.78, 5) is 13.5. The van der Waals surface area contributed by atoms with E-state index in [9.17, 15) is 9.90 Å². The topological polar surface area (TPSA) is 80.0 Å². The van der Waals surface area contributed by atoms with Crippen molar-refractivity contribution in [3.05, 3.63) is 41.0 Å². The van der Waals surface area contributed by atoms with Crippen molar-refractivity contribution in [2.75, 3.05) is 5.32 Å². The summed E-state index contributed by atoms with van der Waals surface area (Å²) in [5, 5.41) is 23.6. The van der Waals surface area contributed by atoms with E-state index in [-0.39, 0.29) is 17.7 Å². The van der Waals surface area contributed by atoms with Crippen molar-refractivity contribution < 1.29 is 9.90 Å². The van der Waals surface area contributed by atoms with Gasteiger partial charge in [0.25, 0.3) is 0 Å². The summed E-state index contributed by atoms with van der Waals surface area (Å²) in [6.07, 6.45) is 6.98. The Balaban J connectivity index is 1.39. The second kappa shape index (κ2) is 8.78. The molecule has 184 valence electrons. The standard InChI is InChI=1S/C28H40N4O2/c1-16(2)10-19-12-20(13-19)25-30-31-26(32(25)21-7-8-21)22-14-28(5,34)15-23(22)27(33)29-24-9-6-17(3)11-18(24)4/h6,9,11,16,19-23,34H,7-8,10,12-15H2,1-5H3,(H,29,33)/t19?,20?,22-,23-,28-/m0/s1. The van der Waals surface area contributed by atoms with Crippen molar-refractivity contribution in [3.63, 3.8) is 0 Å². The molecule has 6 nitrogen and oxygen atoms in total. The highest BCUT2D eigenvalue weighted by Gasteiger charge is 2.49. The summed E-state index contributed by atoms with van der Waals surface area (Å²) >= 11 is 0. The lowest BCUT2D eigenvalue weighted by Crippen LogP contribution is -2.28. The summed E-state index contributed by atoms with van der Waals surface area (Å²) < 4.78 is 2.37. The molecule has 34 heavy (non-hydrogen) atoms. The number of rotatable bonds is 7. The van der Waals surface area contributed by atoms with Crippen LogP contribution in [0.2, 0.25) is 0 Å². The van der Waals surface area contributed by atoms with E-state index in [1.165, 1.54) is 24.8 Å². The van der Waals surface area contributed by atoms with Crippen LogP contribution in [-0.2, 0) is 4.79 Å². The number of benzene rings is 1. The van der Waals surface area contributed by atoms with Crippen LogP contribution in [0.3, 0.4) is 0 Å². The Kier molecular flexibility index (Phi) is 6.07. The zero-order chi connectivity index (χ0) is 24.2. The van der Waals surface area contributed by atoms with Crippen LogP contribution in [0.25, 0.3) is 0 Å². The largest absolute Gasteiger partial charge is 0.390 e. The number of amides is 1. The molecule has 1 aromatic carbocycles. The fourth-order valence-electron chi connectivity index (χ4n) is 6.40. The van der Waals surface area contributed by atoms with Crippen LogP contribution >= 0.6 is 0 Å². The summed E-state index contributed by atoms with van der Waals surface area (Å²) in [5.41, 5.74) is 2.19. The first kappa shape index (κ1) is 23.5. The number of nitrogens with zero attached hydrogens (tertiary/aromatic N) is 3. The molecule has 1 amide bonds. The molecule has 1 aromatic heterocycles. The molecular weight excluding hydrogens is 424 g/mol. The zero-order valence-corrected chi connectivity index (χ0v) is 21.3. The second-order valence-electron chi connectivity index (χ2n) is 12.1. The number of hydrogen-bond acceptors (Lipinski definition) is 4. The van der Waals surface area contributed by atoms with Gasteiger partial charge in [-0.1, -0.05) is 31.5 Å². The lowest BCUT2D eigenvalue weighted by molar-refractivity contribution is -0.120. The van der Waals surface area contributed by atoms with E-state index in [0.29, 0.717) is 24.8 Å². The van der Waals surface area contributed by atoms with Gasteiger partial charge in [0.15, 0.2) is 0 Å². The molecule has 2 aromatic rings. The van der Waals surface area contributed by atoms with Crippen LogP contribution in [0.1, 0.15) is 106 Å². The predicted molar refractivity (Wildman–Crippen MR) is 134 cm³/mol. The monoisotopic (exact) mass is 464 g/mol. The van der Waals surface area contributed by atoms with Crippen molar-refractivity contribution in [2.24, 2.45) is 17.8 Å². The molecule has 6 heteroatoms. The summed E-state index contributed by atoms with van der Waals surface area (Å²) in [6.45, 7) is 10.5. The van der Waals surface area contributed by atoms with Crippen LogP contribution in [-0.4, -0.2) is 31.4 Å². The molecule has 1 heterocycles. The van der Waals surface area contributed by atoms with Crippen molar-refractivity contribution in [3.8, 4) is 0 Å². The molecule has 0 aliphatic heterocycles. The average Bonchev–Trinajstić information content (AvgIpc) is 3.38. The Hall–Kier alpha value is -2.21. The summed E-state index contributed by atoms with van der Waals surface area (Å²) in [5.74, 6) is 3.59. The van der Waals surface area contributed by atoms with Gasteiger partial charge in [0.2, 0.25) is 5.91 Å². The molecule has 3 aliphatic carbocycles. The van der Waals surface area contributed by atoms with Crippen molar-refractivity contribution in [2.45, 2.75) is 103 Å². The highest BCUT2D eigenvalue weighted by Crippen LogP contribution is 2.51. The van der Waals surface area contributed by atoms with Crippen LogP contribution in [0, 0.1) is 31.6 Å². The van der Waals surface area contributed by atoms with E-state index in [1.807, 2.05) is 26.0 Å². The van der Waals surface area contributed by atoms with Crippen LogP contribution in [0.4, 0.5) is 5.69 Å². The molecule has 2 N–H and O–H groups in total. The SMILES string of the molecule is Cc1ccc(NC(=O)[C@H]2C[C@@](C)(O)C[C@@H]2c2nnc(C3CC(CC(C)C)C3)n2C2CC2)c(C)c1. The fourth-order valence-corrected chi connectivity index (χ4v) is 6.40. The van der Waals surface area contributed by atoms with E-state index in [2.05, 4.69) is 36.7 Å². The molecule has 0 radical (unpaired) electrons. The Morgan fingerprint density at radius 1 is 1.18 bits per heavy atom. The van der Waals surface area contributed by atoms with Gasteiger partial charge in [-0.05, 0) is 89.2 Å². The first-order valence-corrected chi connectivity index (χ1v) is 13.2. The van der Waals surface area contributed by atoms with Crippen molar-refractivity contribution in [1.29, 1.82) is 0 Å². The number of hydrogen-bond donors (Lipinski definition) is 2. The zero-order valence-electron chi connectivity index (χ0n) is 21.3. The van der Waals surface area contributed by atoms with Crippen LogP contribution < -0.4 is 5.32 Å². The quantitative estimate of drug-likeness (QED) is 0.555. The highest BCUT2D eigenvalue weighted by atomic mass is 16.3. The van der Waals surface area contributed by atoms with E-state index in [1.54, 1.807) is 0 Å². The minimum absolute atomic E-state index is 0.0257. The Morgan fingerprint density at radius 2 is 1.88 bits per heavy atom. The molecule has 0 spiro atoms. The number of nitrogens with one attached hydrogen (secondary N) is 1. The number of carbonyl (C=O) groups excluding carboxylic acids is 1. The van der Waals surface area contributed by atoms with Crippen molar-refractivity contribution >= 4 is 11.6 Å². The molecule has 3 fully saturated rings. The minimum Gasteiger partial charge on any atom is -0.390 e. The minimum atomic E-state index is -0.881. The number of carbonyl (C=O) groups is 1. The van der Waals surface area contributed by atoms with E-state index >= 15 is 0 Å². The summed E-state index contributed by atoms with van der Waals surface area (Å²) in [7, 11) is 0. The van der Waals surface area contributed by atoms with Gasteiger partial charge >= 0.3 is 0 Å². The maximum Gasteiger partial charge on any atom is 0.228 e. The van der Waals surface area contributed by atoms with Gasteiger partial charge in [-0.25, -0.2) is 0 Å². The molecule has 0 unspecified atom stereocenters. The first-order chi connectivity index (χ1) is 16.1. The Morgan fingerprint density at radius 3 is 2.53 bits per heavy atom. The third kappa shape index (κ3) is 4.66. The summed E-state index contributed by atoms with van der Waals surface area (Å²) in [6, 6.07) is 6.53. The highest BCUT2D eigenvalue weighted by molar-refractivity contribution is 5.94. The smallest absolute Gasteiger partial charge is 0.228 e. The molecule has 5 rings (SSSR count). The maximum absolute atomic E-state index is 13.5. The number of aryl methyl sites for hydroxylation is 2. The molecule has 3 saturated carbocycles. The molecule has 3 aliphatic rings. The first-order valence-electron chi connectivity index (χ1n) is 13.2. The van der Waals surface area contributed by atoms with Gasteiger partial charge in [0, 0.05) is 23.6 Å². The molecule has 0 bridgehead atoms. The fraction of sp³-hybridized carbons (Fsp3) is 0.679. The molecule has 0 saturated heterocycles. The van der Waals surface area contributed by atoms with Gasteiger partial charge in [-0.3, -0.25) is 4.79 Å². The molecule has 3 atom stereocenters. The van der Waals surface area contributed by atoms with Crippen LogP contribution in [0.5, 0.6) is 0 Å². The third-order valence-electron chi connectivity index (χ3n) is 8.18. The maximum atomic E-state index is 13.5. The average molecular weight is 465 g/mol. The Bertz CT molecular complexity index is 1060. The van der Waals surface area contributed by atoms with E-state index in [4.69, 9.17) is 10.2 Å². The number of aliphatic hydroxyl groups is 1. The van der Waals surface area contributed by atoms with Gasteiger partial charge in [0.05, 0.1) is 11.5 Å². The van der Waals surface area contributed by atoms with Crippen LogP contribution in [0.15, 0.2) is 18.2 Å². The number of anilines is 1.